The number of aliphatic imine (C=N–C) groups is 1. The van der Waals surface area contributed by atoms with Gasteiger partial charge in [0.25, 0.3) is 0 Å². The number of rotatable bonds is 9. The molecule has 2 fully saturated rings. The van der Waals surface area contributed by atoms with Gasteiger partial charge in [-0.05, 0) is 63.6 Å². The number of halogens is 1. The fourth-order valence-electron chi connectivity index (χ4n) is 4.09. The highest BCUT2D eigenvalue weighted by atomic mass is 127. The molecule has 3 unspecified atom stereocenters. The molecule has 0 radical (unpaired) electrons. The molecule has 1 saturated heterocycles. The molecular formula is C21H37IN4O2S. The lowest BCUT2D eigenvalue weighted by molar-refractivity contribution is -0.0154. The lowest BCUT2D eigenvalue weighted by Gasteiger charge is -2.44. The van der Waals surface area contributed by atoms with Crippen LogP contribution in [0.5, 0.6) is 0 Å². The van der Waals surface area contributed by atoms with E-state index in [-0.39, 0.29) is 30.0 Å². The third-order valence-electron chi connectivity index (χ3n) is 5.83. The second-order valence-corrected chi connectivity index (χ2v) is 9.27. The largest absolute Gasteiger partial charge is 0.468 e. The molecule has 0 amide bonds. The quantitative estimate of drug-likeness (QED) is 0.255. The predicted molar refractivity (Wildman–Crippen MR) is 132 cm³/mol. The van der Waals surface area contributed by atoms with Gasteiger partial charge in [0.05, 0.1) is 24.5 Å². The van der Waals surface area contributed by atoms with Crippen LogP contribution in [0.3, 0.4) is 0 Å². The zero-order chi connectivity index (χ0) is 19.8. The Labute approximate surface area is 196 Å². The highest BCUT2D eigenvalue weighted by molar-refractivity contribution is 14.0. The molecule has 1 aliphatic carbocycles. The summed E-state index contributed by atoms with van der Waals surface area (Å²) in [5.41, 5.74) is -0.656. The van der Waals surface area contributed by atoms with E-state index >= 15 is 0 Å². The Balaban J connectivity index is 0.00000300. The Morgan fingerprint density at radius 2 is 2.14 bits per heavy atom. The monoisotopic (exact) mass is 536 g/mol. The number of furan rings is 1. The van der Waals surface area contributed by atoms with E-state index in [0.29, 0.717) is 11.8 Å². The third-order valence-corrected chi connectivity index (χ3v) is 7.24. The van der Waals surface area contributed by atoms with Crippen molar-refractivity contribution in [3.63, 3.8) is 0 Å². The van der Waals surface area contributed by atoms with E-state index in [1.807, 2.05) is 17.8 Å². The maximum Gasteiger partial charge on any atom is 0.191 e. The Kier molecular flexibility index (Phi) is 10.6. The number of guanidine groups is 1. The molecule has 2 aliphatic rings. The first-order valence-corrected chi connectivity index (χ1v) is 11.8. The van der Waals surface area contributed by atoms with Gasteiger partial charge in [-0.1, -0.05) is 13.3 Å². The first-order valence-electron chi connectivity index (χ1n) is 10.8. The van der Waals surface area contributed by atoms with Crippen LogP contribution in [0.15, 0.2) is 27.8 Å². The van der Waals surface area contributed by atoms with E-state index in [2.05, 4.69) is 35.4 Å². The maximum atomic E-state index is 10.8. The van der Waals surface area contributed by atoms with E-state index in [1.54, 1.807) is 6.26 Å². The molecule has 8 heteroatoms. The number of thioether (sulfide) groups is 1. The van der Waals surface area contributed by atoms with Crippen molar-refractivity contribution >= 4 is 41.7 Å². The molecule has 1 aromatic rings. The number of likely N-dealkylation sites (tertiary alicyclic amines) is 1. The summed E-state index contributed by atoms with van der Waals surface area (Å²) in [7, 11) is 0. The highest BCUT2D eigenvalue weighted by Gasteiger charge is 2.45. The average molecular weight is 537 g/mol. The van der Waals surface area contributed by atoms with Gasteiger partial charge in [-0.3, -0.25) is 9.89 Å². The Bertz CT molecular complexity index is 610. The number of nitrogens with zero attached hydrogens (tertiary/aromatic N) is 2. The minimum Gasteiger partial charge on any atom is -0.468 e. The lowest BCUT2D eigenvalue weighted by Crippen LogP contribution is -2.53. The second-order valence-electron chi connectivity index (χ2n) is 7.79. The molecule has 0 bridgehead atoms. The van der Waals surface area contributed by atoms with Crippen molar-refractivity contribution in [3.8, 4) is 0 Å². The van der Waals surface area contributed by atoms with Crippen LogP contribution in [0.1, 0.15) is 57.8 Å². The first kappa shape index (κ1) is 24.8. The SMILES string of the molecule is CCNC(=NCC1(O)CCC1SCC)NCC(c1ccco1)N1CCCCC1.I. The van der Waals surface area contributed by atoms with Crippen molar-refractivity contribution in [2.75, 3.05) is 38.5 Å². The molecule has 1 saturated carbocycles. The summed E-state index contributed by atoms with van der Waals surface area (Å²) < 4.78 is 5.74. The number of piperidine rings is 1. The van der Waals surface area contributed by atoms with Gasteiger partial charge in [0.15, 0.2) is 5.96 Å². The van der Waals surface area contributed by atoms with Crippen LogP contribution >= 0.6 is 35.7 Å². The molecule has 1 aliphatic heterocycles. The Hall–Kier alpha value is -0.450. The third kappa shape index (κ3) is 6.77. The molecule has 0 spiro atoms. The summed E-state index contributed by atoms with van der Waals surface area (Å²) in [6.07, 6.45) is 7.49. The van der Waals surface area contributed by atoms with Crippen LogP contribution in [-0.2, 0) is 0 Å². The summed E-state index contributed by atoms with van der Waals surface area (Å²) in [5, 5.41) is 18.0. The second kappa shape index (κ2) is 12.4. The van der Waals surface area contributed by atoms with Gasteiger partial charge in [0.2, 0.25) is 0 Å². The van der Waals surface area contributed by atoms with Gasteiger partial charge < -0.3 is 20.2 Å². The highest BCUT2D eigenvalue weighted by Crippen LogP contribution is 2.41. The summed E-state index contributed by atoms with van der Waals surface area (Å²) in [5.74, 6) is 2.81. The molecule has 3 rings (SSSR count). The van der Waals surface area contributed by atoms with Crippen molar-refractivity contribution in [2.45, 2.75) is 62.8 Å². The van der Waals surface area contributed by atoms with Crippen LogP contribution in [0.2, 0.25) is 0 Å². The van der Waals surface area contributed by atoms with E-state index in [0.717, 1.165) is 56.5 Å². The number of nitrogens with one attached hydrogen (secondary N) is 2. The van der Waals surface area contributed by atoms with Crippen LogP contribution in [0, 0.1) is 0 Å². The van der Waals surface area contributed by atoms with Gasteiger partial charge in [0.1, 0.15) is 5.76 Å². The minimum absolute atomic E-state index is 0. The van der Waals surface area contributed by atoms with Gasteiger partial charge in [-0.25, -0.2) is 0 Å². The fourth-order valence-corrected chi connectivity index (χ4v) is 5.28. The Morgan fingerprint density at radius 3 is 2.72 bits per heavy atom. The topological polar surface area (TPSA) is 73.0 Å². The maximum absolute atomic E-state index is 10.8. The lowest BCUT2D eigenvalue weighted by atomic mass is 9.79. The Morgan fingerprint density at radius 1 is 1.34 bits per heavy atom. The van der Waals surface area contributed by atoms with Crippen molar-refractivity contribution in [2.24, 2.45) is 4.99 Å². The van der Waals surface area contributed by atoms with Crippen molar-refractivity contribution in [3.05, 3.63) is 24.2 Å². The van der Waals surface area contributed by atoms with E-state index in [1.165, 1.54) is 19.3 Å². The summed E-state index contributed by atoms with van der Waals surface area (Å²) in [4.78, 5) is 7.23. The van der Waals surface area contributed by atoms with Crippen LogP contribution in [0.25, 0.3) is 0 Å². The number of aliphatic hydroxyl groups is 1. The van der Waals surface area contributed by atoms with Crippen molar-refractivity contribution < 1.29 is 9.52 Å². The van der Waals surface area contributed by atoms with Crippen molar-refractivity contribution in [1.82, 2.24) is 15.5 Å². The van der Waals surface area contributed by atoms with Gasteiger partial charge in [0, 0.05) is 18.3 Å². The number of hydrogen-bond acceptors (Lipinski definition) is 5. The molecule has 166 valence electrons. The minimum atomic E-state index is -0.656. The summed E-state index contributed by atoms with van der Waals surface area (Å²) in [6.45, 7) is 8.42. The smallest absolute Gasteiger partial charge is 0.191 e. The van der Waals surface area contributed by atoms with E-state index < -0.39 is 5.60 Å². The zero-order valence-electron chi connectivity index (χ0n) is 17.7. The fraction of sp³-hybridized carbons (Fsp3) is 0.762. The van der Waals surface area contributed by atoms with Gasteiger partial charge in [-0.2, -0.15) is 11.8 Å². The molecule has 0 aromatic carbocycles. The van der Waals surface area contributed by atoms with Crippen molar-refractivity contribution in [1.29, 1.82) is 0 Å². The predicted octanol–water partition coefficient (Wildman–Crippen LogP) is 3.63. The normalized spacial score (nSPS) is 26.3. The molecular weight excluding hydrogens is 499 g/mol. The van der Waals surface area contributed by atoms with Crippen LogP contribution in [-0.4, -0.2) is 65.3 Å². The molecule has 6 nitrogen and oxygen atoms in total. The zero-order valence-corrected chi connectivity index (χ0v) is 20.9. The molecule has 3 N–H and O–H groups in total. The summed E-state index contributed by atoms with van der Waals surface area (Å²) >= 11 is 1.85. The van der Waals surface area contributed by atoms with Crippen LogP contribution in [0.4, 0.5) is 0 Å². The number of hydrogen-bond donors (Lipinski definition) is 3. The van der Waals surface area contributed by atoms with Gasteiger partial charge in [-0.15, -0.1) is 24.0 Å². The van der Waals surface area contributed by atoms with E-state index in [4.69, 9.17) is 9.41 Å². The van der Waals surface area contributed by atoms with Crippen LogP contribution < -0.4 is 10.6 Å². The summed E-state index contributed by atoms with van der Waals surface area (Å²) in [6, 6.07) is 4.23. The molecule has 2 heterocycles. The van der Waals surface area contributed by atoms with E-state index in [9.17, 15) is 5.11 Å². The molecule has 29 heavy (non-hydrogen) atoms. The first-order chi connectivity index (χ1) is 13.7. The average Bonchev–Trinajstić information content (AvgIpc) is 3.24. The molecule has 3 atom stereocenters. The molecule has 1 aromatic heterocycles. The standard InChI is InChI=1S/C21H36N4O2S.HI/c1-3-22-20(24-16-21(26)11-10-19(21)28-4-2)23-15-17(18-9-8-14-27-18)25-12-6-5-7-13-25;/h8-9,14,17,19,26H,3-7,10-13,15-16H2,1-2H3,(H2,22,23,24);1H. The van der Waals surface area contributed by atoms with Gasteiger partial charge >= 0.3 is 0 Å².